The summed E-state index contributed by atoms with van der Waals surface area (Å²) in [4.78, 5) is 34.1. The molecule has 0 fully saturated rings. The summed E-state index contributed by atoms with van der Waals surface area (Å²) < 4.78 is 0. The Morgan fingerprint density at radius 2 is 2.16 bits per heavy atom. The molecule has 0 bridgehead atoms. The third-order valence-corrected chi connectivity index (χ3v) is 5.97. The summed E-state index contributed by atoms with van der Waals surface area (Å²) in [7, 11) is 0. The first-order valence-corrected chi connectivity index (χ1v) is 10.2. The van der Waals surface area contributed by atoms with E-state index in [-0.39, 0.29) is 11.8 Å². The lowest BCUT2D eigenvalue weighted by Crippen LogP contribution is -2.41. The highest BCUT2D eigenvalue weighted by atomic mass is 32.1. The van der Waals surface area contributed by atoms with Crippen molar-refractivity contribution in [3.63, 3.8) is 0 Å². The fourth-order valence-electron chi connectivity index (χ4n) is 2.87. The van der Waals surface area contributed by atoms with Crippen LogP contribution in [0.25, 0.3) is 0 Å². The van der Waals surface area contributed by atoms with Gasteiger partial charge >= 0.3 is 0 Å². The molecule has 0 saturated heterocycles. The highest BCUT2D eigenvalue weighted by molar-refractivity contribution is 7.16. The molecule has 0 spiro atoms. The predicted molar refractivity (Wildman–Crippen MR) is 101 cm³/mol. The third-order valence-electron chi connectivity index (χ3n) is 4.29. The molecule has 0 atom stereocenters. The number of carbonyl (C=O) groups excluding carboxylic acids is 2. The molecule has 8 heteroatoms. The number of nitrogens with one attached hydrogen (secondary N) is 1. The maximum absolute atomic E-state index is 12.3. The van der Waals surface area contributed by atoms with Crippen LogP contribution in [0.15, 0.2) is 16.8 Å². The minimum absolute atomic E-state index is 0.124. The molecular weight excluding hydrogens is 356 g/mol. The molecule has 2 aromatic rings. The number of hydrogen-bond donors (Lipinski definition) is 1. The number of hydrogen-bond acceptors (Lipinski definition) is 6. The van der Waals surface area contributed by atoms with E-state index in [9.17, 15) is 9.59 Å². The van der Waals surface area contributed by atoms with Gasteiger partial charge in [0.15, 0.2) is 5.13 Å². The number of thiazole rings is 1. The number of carbonyl (C=O) groups is 2. The molecule has 134 valence electrons. The Labute approximate surface area is 155 Å². The Balaban J connectivity index is 1.61. The van der Waals surface area contributed by atoms with E-state index in [1.807, 2.05) is 29.5 Å². The summed E-state index contributed by atoms with van der Waals surface area (Å²) in [6.07, 6.45) is 0.811. The molecule has 0 saturated carbocycles. The summed E-state index contributed by atoms with van der Waals surface area (Å²) in [6.45, 7) is 7.47. The van der Waals surface area contributed by atoms with Crippen LogP contribution >= 0.6 is 22.7 Å². The second-order valence-corrected chi connectivity index (χ2v) is 7.75. The van der Waals surface area contributed by atoms with Crippen LogP contribution in [0.3, 0.4) is 0 Å². The van der Waals surface area contributed by atoms with Gasteiger partial charge in [-0.25, -0.2) is 4.98 Å². The number of amides is 2. The van der Waals surface area contributed by atoms with Gasteiger partial charge in [0.1, 0.15) is 0 Å². The van der Waals surface area contributed by atoms with Gasteiger partial charge in [0.05, 0.1) is 17.8 Å². The number of aromatic nitrogens is 1. The van der Waals surface area contributed by atoms with Crippen molar-refractivity contribution in [3.8, 4) is 0 Å². The molecule has 6 nitrogen and oxygen atoms in total. The van der Waals surface area contributed by atoms with E-state index >= 15 is 0 Å². The predicted octanol–water partition coefficient (Wildman–Crippen LogP) is 2.68. The molecule has 1 aliphatic heterocycles. The lowest BCUT2D eigenvalue weighted by atomic mass is 10.2. The normalized spacial score (nSPS) is 14.2. The van der Waals surface area contributed by atoms with Crippen LogP contribution in [0.1, 0.15) is 34.8 Å². The quantitative estimate of drug-likeness (QED) is 0.839. The Morgan fingerprint density at radius 3 is 2.84 bits per heavy atom. The molecular formula is C17H22N4O2S2. The second-order valence-electron chi connectivity index (χ2n) is 5.88. The number of thiophene rings is 1. The highest BCUT2D eigenvalue weighted by Crippen LogP contribution is 2.28. The SMILES string of the molecule is CCN(CC)C(=O)CN1CCc2nc(NC(=O)c3ccsc3)sc2C1. The number of anilines is 1. The molecule has 3 heterocycles. The average Bonchev–Trinajstić information content (AvgIpc) is 3.24. The summed E-state index contributed by atoms with van der Waals surface area (Å²) in [5.74, 6) is 0.0462. The minimum atomic E-state index is -0.124. The zero-order chi connectivity index (χ0) is 17.8. The molecule has 2 amide bonds. The van der Waals surface area contributed by atoms with Crippen LogP contribution in [-0.2, 0) is 17.8 Å². The Morgan fingerprint density at radius 1 is 1.36 bits per heavy atom. The van der Waals surface area contributed by atoms with Crippen LogP contribution in [0, 0.1) is 0 Å². The largest absolute Gasteiger partial charge is 0.342 e. The topological polar surface area (TPSA) is 65.5 Å². The van der Waals surface area contributed by atoms with Crippen LogP contribution in [0.5, 0.6) is 0 Å². The third kappa shape index (κ3) is 4.26. The lowest BCUT2D eigenvalue weighted by Gasteiger charge is -2.28. The van der Waals surface area contributed by atoms with Crippen molar-refractivity contribution in [1.82, 2.24) is 14.8 Å². The van der Waals surface area contributed by atoms with Gasteiger partial charge in [-0.05, 0) is 25.3 Å². The summed E-state index contributed by atoms with van der Waals surface area (Å²) in [6, 6.07) is 1.80. The van der Waals surface area contributed by atoms with Crippen molar-refractivity contribution < 1.29 is 9.59 Å². The summed E-state index contributed by atoms with van der Waals surface area (Å²) in [5, 5.41) is 7.22. The zero-order valence-electron chi connectivity index (χ0n) is 14.4. The van der Waals surface area contributed by atoms with Crippen LogP contribution in [-0.4, -0.2) is 52.8 Å². The Hall–Kier alpha value is -1.77. The van der Waals surface area contributed by atoms with Gasteiger partial charge in [-0.1, -0.05) is 0 Å². The van der Waals surface area contributed by atoms with Crippen molar-refractivity contribution in [3.05, 3.63) is 33.0 Å². The van der Waals surface area contributed by atoms with Crippen LogP contribution < -0.4 is 5.32 Å². The summed E-state index contributed by atoms with van der Waals surface area (Å²) in [5.41, 5.74) is 1.70. The zero-order valence-corrected chi connectivity index (χ0v) is 16.1. The summed E-state index contributed by atoms with van der Waals surface area (Å²) >= 11 is 3.00. The van der Waals surface area contributed by atoms with E-state index in [1.165, 1.54) is 22.7 Å². The van der Waals surface area contributed by atoms with E-state index in [0.29, 0.717) is 23.8 Å². The van der Waals surface area contributed by atoms with Gasteiger partial charge < -0.3 is 4.90 Å². The van der Waals surface area contributed by atoms with Gasteiger partial charge in [0.25, 0.3) is 5.91 Å². The van der Waals surface area contributed by atoms with Crippen molar-refractivity contribution in [2.45, 2.75) is 26.8 Å². The number of nitrogens with zero attached hydrogens (tertiary/aromatic N) is 3. The van der Waals surface area contributed by atoms with Crippen molar-refractivity contribution >= 4 is 39.6 Å². The standard InChI is InChI=1S/C17H22N4O2S2/c1-3-21(4-2)15(22)10-20-7-5-13-14(9-20)25-17(18-13)19-16(23)12-6-8-24-11-12/h6,8,11H,3-5,7,9-10H2,1-2H3,(H,18,19,23). The average molecular weight is 379 g/mol. The molecule has 0 unspecified atom stereocenters. The first-order valence-electron chi connectivity index (χ1n) is 8.43. The first kappa shape index (κ1) is 18.0. The van der Waals surface area contributed by atoms with E-state index in [2.05, 4.69) is 15.2 Å². The first-order chi connectivity index (χ1) is 12.1. The smallest absolute Gasteiger partial charge is 0.258 e. The number of rotatable bonds is 6. The minimum Gasteiger partial charge on any atom is -0.342 e. The van der Waals surface area contributed by atoms with Gasteiger partial charge in [0, 0.05) is 42.9 Å². The fraction of sp³-hybridized carbons (Fsp3) is 0.471. The van der Waals surface area contributed by atoms with E-state index in [1.54, 1.807) is 6.07 Å². The second kappa shape index (κ2) is 8.07. The molecule has 0 aromatic carbocycles. The van der Waals surface area contributed by atoms with Crippen LogP contribution in [0.4, 0.5) is 5.13 Å². The monoisotopic (exact) mass is 378 g/mol. The maximum Gasteiger partial charge on any atom is 0.258 e. The molecule has 1 aliphatic rings. The van der Waals surface area contributed by atoms with E-state index in [4.69, 9.17) is 0 Å². The Bertz CT molecular complexity index is 738. The maximum atomic E-state index is 12.3. The molecule has 2 aromatic heterocycles. The van der Waals surface area contributed by atoms with Gasteiger partial charge in [0.2, 0.25) is 5.91 Å². The van der Waals surface area contributed by atoms with Crippen molar-refractivity contribution in [2.24, 2.45) is 0 Å². The van der Waals surface area contributed by atoms with Crippen LogP contribution in [0.2, 0.25) is 0 Å². The van der Waals surface area contributed by atoms with Gasteiger partial charge in [-0.3, -0.25) is 19.8 Å². The Kier molecular flexibility index (Phi) is 5.82. The number of likely N-dealkylation sites (N-methyl/N-ethyl adjacent to an activating group) is 1. The van der Waals surface area contributed by atoms with Crippen molar-refractivity contribution in [1.29, 1.82) is 0 Å². The number of fused-ring (bicyclic) bond motifs is 1. The molecule has 1 N–H and O–H groups in total. The molecule has 0 radical (unpaired) electrons. The highest BCUT2D eigenvalue weighted by Gasteiger charge is 2.24. The molecule has 3 rings (SSSR count). The van der Waals surface area contributed by atoms with Gasteiger partial charge in [-0.15, -0.1) is 11.3 Å². The fourth-order valence-corrected chi connectivity index (χ4v) is 4.55. The van der Waals surface area contributed by atoms with Gasteiger partial charge in [-0.2, -0.15) is 11.3 Å². The van der Waals surface area contributed by atoms with E-state index in [0.717, 1.165) is 36.6 Å². The molecule has 25 heavy (non-hydrogen) atoms. The lowest BCUT2D eigenvalue weighted by molar-refractivity contribution is -0.132. The van der Waals surface area contributed by atoms with E-state index < -0.39 is 0 Å². The molecule has 0 aliphatic carbocycles. The van der Waals surface area contributed by atoms with Crippen molar-refractivity contribution in [2.75, 3.05) is 31.5 Å².